The molecule has 158 valence electrons. The van der Waals surface area contributed by atoms with Crippen LogP contribution in [0.5, 0.6) is 0 Å². The van der Waals surface area contributed by atoms with Gasteiger partial charge in [0.15, 0.2) is 0 Å². The van der Waals surface area contributed by atoms with Gasteiger partial charge in [-0.25, -0.2) is 4.98 Å². The summed E-state index contributed by atoms with van der Waals surface area (Å²) in [4.78, 5) is 32.7. The van der Waals surface area contributed by atoms with Gasteiger partial charge >= 0.3 is 0 Å². The van der Waals surface area contributed by atoms with E-state index in [9.17, 15) is 9.59 Å². The van der Waals surface area contributed by atoms with E-state index in [0.29, 0.717) is 36.5 Å². The van der Waals surface area contributed by atoms with Gasteiger partial charge < -0.3 is 10.2 Å². The smallest absolute Gasteiger partial charge is 0.261 e. The maximum Gasteiger partial charge on any atom is 0.261 e. The molecule has 0 saturated heterocycles. The van der Waals surface area contributed by atoms with Crippen LogP contribution in [-0.4, -0.2) is 23.3 Å². The normalized spacial score (nSPS) is 12.7. The van der Waals surface area contributed by atoms with E-state index in [4.69, 9.17) is 0 Å². The summed E-state index contributed by atoms with van der Waals surface area (Å²) in [6, 6.07) is 19.7. The van der Waals surface area contributed by atoms with Crippen LogP contribution in [0.25, 0.3) is 0 Å². The van der Waals surface area contributed by atoms with Gasteiger partial charge in [0.25, 0.3) is 5.91 Å². The Bertz CT molecular complexity index is 1080. The maximum absolute atomic E-state index is 13.2. The molecule has 5 nitrogen and oxygen atoms in total. The predicted octanol–water partition coefficient (Wildman–Crippen LogP) is 4.85. The van der Waals surface area contributed by atoms with Gasteiger partial charge in [0, 0.05) is 30.6 Å². The van der Waals surface area contributed by atoms with Crippen LogP contribution in [0.2, 0.25) is 0 Å². The number of carbonyl (C=O) groups is 2. The number of nitrogens with zero attached hydrogens (tertiary/aromatic N) is 2. The van der Waals surface area contributed by atoms with E-state index in [-0.39, 0.29) is 11.8 Å². The molecule has 0 radical (unpaired) electrons. The molecule has 0 spiro atoms. The summed E-state index contributed by atoms with van der Waals surface area (Å²) in [7, 11) is 0. The minimum atomic E-state index is -0.0722. The van der Waals surface area contributed by atoms with Gasteiger partial charge in [0.05, 0.1) is 11.3 Å². The Morgan fingerprint density at radius 2 is 1.81 bits per heavy atom. The van der Waals surface area contributed by atoms with Crippen molar-refractivity contribution in [3.63, 3.8) is 0 Å². The number of aromatic nitrogens is 1. The number of hydrogen-bond donors (Lipinski definition) is 1. The van der Waals surface area contributed by atoms with Crippen molar-refractivity contribution >= 4 is 29.3 Å². The average Bonchev–Trinajstić information content (AvgIpc) is 2.92. The van der Waals surface area contributed by atoms with E-state index in [2.05, 4.69) is 41.5 Å². The fourth-order valence-electron chi connectivity index (χ4n) is 3.56. The monoisotopic (exact) mass is 431 g/mol. The molecule has 4 rings (SSSR count). The fourth-order valence-corrected chi connectivity index (χ4v) is 4.58. The predicted molar refractivity (Wildman–Crippen MR) is 123 cm³/mol. The van der Waals surface area contributed by atoms with E-state index >= 15 is 0 Å². The third-order valence-electron chi connectivity index (χ3n) is 5.32. The number of carbonyl (C=O) groups excluding carboxylic acids is 2. The first-order valence-corrected chi connectivity index (χ1v) is 11.4. The van der Waals surface area contributed by atoms with Crippen LogP contribution < -0.4 is 10.2 Å². The number of para-hydroxylation sites is 1. The Kier molecular flexibility index (Phi) is 6.67. The highest BCUT2D eigenvalue weighted by Crippen LogP contribution is 2.40. The standard InChI is InChI=1S/C25H25N3O2S/c1-2-18-11-13-19(14-12-18)17-27-23(29)10-6-16-28-21-8-3-4-9-22(21)31-24-20(25(28)30)7-5-15-26-24/h3-5,7-9,11-15H,2,6,10,16-17H2,1H3,(H,27,29). The summed E-state index contributed by atoms with van der Waals surface area (Å²) >= 11 is 1.51. The van der Waals surface area contributed by atoms with Gasteiger partial charge in [0.2, 0.25) is 5.91 Å². The lowest BCUT2D eigenvalue weighted by molar-refractivity contribution is -0.121. The molecular formula is C25H25N3O2S. The second kappa shape index (κ2) is 9.79. The van der Waals surface area contributed by atoms with Gasteiger partial charge in [-0.1, -0.05) is 55.1 Å². The molecule has 0 atom stereocenters. The lowest BCUT2D eigenvalue weighted by Gasteiger charge is -2.22. The van der Waals surface area contributed by atoms with Gasteiger partial charge in [-0.2, -0.15) is 0 Å². The molecule has 1 aliphatic heterocycles. The highest BCUT2D eigenvalue weighted by molar-refractivity contribution is 7.99. The molecule has 2 amide bonds. The van der Waals surface area contributed by atoms with E-state index in [0.717, 1.165) is 22.6 Å². The molecule has 0 saturated carbocycles. The number of nitrogens with one attached hydrogen (secondary N) is 1. The largest absolute Gasteiger partial charge is 0.352 e. The first kappa shape index (κ1) is 21.1. The molecule has 0 fully saturated rings. The first-order chi connectivity index (χ1) is 15.2. The Labute approximate surface area is 186 Å². The van der Waals surface area contributed by atoms with Crippen molar-refractivity contribution in [1.29, 1.82) is 0 Å². The van der Waals surface area contributed by atoms with Crippen LogP contribution in [0.1, 0.15) is 41.3 Å². The molecule has 1 aliphatic rings. The van der Waals surface area contributed by atoms with Crippen LogP contribution >= 0.6 is 11.8 Å². The Balaban J connectivity index is 1.38. The molecule has 31 heavy (non-hydrogen) atoms. The van der Waals surface area contributed by atoms with Crippen molar-refractivity contribution in [2.24, 2.45) is 0 Å². The van der Waals surface area contributed by atoms with Crippen LogP contribution in [0.3, 0.4) is 0 Å². The van der Waals surface area contributed by atoms with Gasteiger partial charge in [-0.15, -0.1) is 0 Å². The quantitative estimate of drug-likeness (QED) is 0.581. The van der Waals surface area contributed by atoms with Crippen molar-refractivity contribution in [3.8, 4) is 0 Å². The summed E-state index contributed by atoms with van der Waals surface area (Å²) in [5.74, 6) is -0.0801. The number of amides is 2. The number of fused-ring (bicyclic) bond motifs is 2. The van der Waals surface area contributed by atoms with Crippen molar-refractivity contribution < 1.29 is 9.59 Å². The van der Waals surface area contributed by atoms with Crippen LogP contribution in [0, 0.1) is 0 Å². The van der Waals surface area contributed by atoms with Crippen molar-refractivity contribution in [3.05, 3.63) is 83.6 Å². The number of rotatable bonds is 7. The molecule has 0 aliphatic carbocycles. The number of anilines is 1. The third kappa shape index (κ3) is 4.97. The first-order valence-electron chi connectivity index (χ1n) is 10.5. The minimum absolute atomic E-state index is 0.00781. The molecule has 0 bridgehead atoms. The molecule has 6 heteroatoms. The van der Waals surface area contributed by atoms with Crippen molar-refractivity contribution in [2.75, 3.05) is 11.4 Å². The summed E-state index contributed by atoms with van der Waals surface area (Å²) in [5, 5.41) is 3.69. The second-order valence-corrected chi connectivity index (χ2v) is 8.46. The summed E-state index contributed by atoms with van der Waals surface area (Å²) in [6.45, 7) is 3.12. The molecule has 0 unspecified atom stereocenters. The number of hydrogen-bond acceptors (Lipinski definition) is 4. The topological polar surface area (TPSA) is 62.3 Å². The Morgan fingerprint density at radius 3 is 2.61 bits per heavy atom. The molecule has 1 aromatic heterocycles. The summed E-state index contributed by atoms with van der Waals surface area (Å²) in [5.41, 5.74) is 3.84. The molecular weight excluding hydrogens is 406 g/mol. The van der Waals surface area contributed by atoms with Crippen molar-refractivity contribution in [1.82, 2.24) is 10.3 Å². The highest BCUT2D eigenvalue weighted by Gasteiger charge is 2.27. The van der Waals surface area contributed by atoms with E-state index in [1.54, 1.807) is 17.2 Å². The average molecular weight is 432 g/mol. The number of pyridine rings is 1. The van der Waals surface area contributed by atoms with E-state index < -0.39 is 0 Å². The fraction of sp³-hybridized carbons (Fsp3) is 0.240. The van der Waals surface area contributed by atoms with Gasteiger partial charge in [-0.05, 0) is 48.2 Å². The van der Waals surface area contributed by atoms with E-state index in [1.807, 2.05) is 30.3 Å². The lowest BCUT2D eigenvalue weighted by Crippen LogP contribution is -2.33. The molecule has 2 aromatic carbocycles. The number of benzene rings is 2. The van der Waals surface area contributed by atoms with Crippen LogP contribution in [0.15, 0.2) is 76.8 Å². The third-order valence-corrected chi connectivity index (χ3v) is 6.40. The minimum Gasteiger partial charge on any atom is -0.352 e. The second-order valence-electron chi connectivity index (χ2n) is 7.43. The zero-order valence-corrected chi connectivity index (χ0v) is 18.3. The van der Waals surface area contributed by atoms with Crippen molar-refractivity contribution in [2.45, 2.75) is 42.7 Å². The lowest BCUT2D eigenvalue weighted by atomic mass is 10.1. The van der Waals surface area contributed by atoms with Crippen LogP contribution in [-0.2, 0) is 17.8 Å². The molecule has 3 aromatic rings. The van der Waals surface area contributed by atoms with Crippen LogP contribution in [0.4, 0.5) is 5.69 Å². The van der Waals surface area contributed by atoms with Gasteiger partial charge in [-0.3, -0.25) is 9.59 Å². The van der Waals surface area contributed by atoms with Gasteiger partial charge in [0.1, 0.15) is 5.03 Å². The molecule has 2 heterocycles. The zero-order valence-electron chi connectivity index (χ0n) is 17.5. The summed E-state index contributed by atoms with van der Waals surface area (Å²) in [6.07, 6.45) is 3.66. The highest BCUT2D eigenvalue weighted by atomic mass is 32.2. The Morgan fingerprint density at radius 1 is 1.03 bits per heavy atom. The zero-order chi connectivity index (χ0) is 21.6. The molecule has 1 N–H and O–H groups in total. The number of aryl methyl sites for hydroxylation is 1. The maximum atomic E-state index is 13.2. The van der Waals surface area contributed by atoms with E-state index in [1.165, 1.54) is 17.3 Å². The Hall–Kier alpha value is -3.12. The SMILES string of the molecule is CCc1ccc(CNC(=O)CCCN2C(=O)c3cccnc3Sc3ccccc32)cc1. The summed E-state index contributed by atoms with van der Waals surface area (Å²) < 4.78 is 0.